The largest absolute Gasteiger partial charge is 0.494 e. The van der Waals surface area contributed by atoms with Crippen molar-refractivity contribution in [2.75, 3.05) is 27.9 Å². The van der Waals surface area contributed by atoms with Gasteiger partial charge in [-0.05, 0) is 49.7 Å². The summed E-state index contributed by atoms with van der Waals surface area (Å²) in [6.45, 7) is 3.20. The molecule has 1 atom stereocenters. The number of aromatic nitrogens is 2. The highest BCUT2D eigenvalue weighted by Crippen LogP contribution is 2.38. The van der Waals surface area contributed by atoms with Gasteiger partial charge in [-0.25, -0.2) is 4.98 Å². The number of rotatable bonds is 11. The summed E-state index contributed by atoms with van der Waals surface area (Å²) in [7, 11) is 4.56. The van der Waals surface area contributed by atoms with Gasteiger partial charge in [-0.15, -0.1) is 0 Å². The van der Waals surface area contributed by atoms with Crippen LogP contribution < -0.4 is 24.3 Å². The monoisotopic (exact) mass is 489 g/mol. The van der Waals surface area contributed by atoms with Crippen LogP contribution in [0.4, 0.5) is 0 Å². The third-order valence-electron chi connectivity index (χ3n) is 5.88. The van der Waals surface area contributed by atoms with Gasteiger partial charge in [0.25, 0.3) is 5.91 Å². The van der Waals surface area contributed by atoms with Gasteiger partial charge in [-0.2, -0.15) is 0 Å². The van der Waals surface area contributed by atoms with Gasteiger partial charge in [-0.3, -0.25) is 4.79 Å². The summed E-state index contributed by atoms with van der Waals surface area (Å²) in [5.41, 5.74) is 2.29. The number of benzene rings is 3. The lowest BCUT2D eigenvalue weighted by atomic mass is 10.1. The minimum absolute atomic E-state index is 0.271. The van der Waals surface area contributed by atoms with Crippen LogP contribution in [0.1, 0.15) is 35.6 Å². The zero-order valence-electron chi connectivity index (χ0n) is 21.0. The lowest BCUT2D eigenvalue weighted by Crippen LogP contribution is -2.29. The second-order valence-corrected chi connectivity index (χ2v) is 8.23. The van der Waals surface area contributed by atoms with Crippen LogP contribution in [0.3, 0.4) is 0 Å². The number of carbonyl (C=O) groups excluding carboxylic acids is 1. The number of methoxy groups -OCH3 is 3. The van der Waals surface area contributed by atoms with Crippen molar-refractivity contribution in [1.82, 2.24) is 14.9 Å². The molecule has 1 N–H and O–H groups in total. The molecule has 8 nitrogen and oxygen atoms in total. The lowest BCUT2D eigenvalue weighted by Gasteiger charge is -2.18. The SMILES string of the molecule is COc1cc(C(=O)NC(C)c2nc3ccccc3n2CCCOc2ccccc2)cc(OC)c1OC. The van der Waals surface area contributed by atoms with Crippen LogP contribution in [0.5, 0.6) is 23.0 Å². The fourth-order valence-electron chi connectivity index (χ4n) is 4.15. The van der Waals surface area contributed by atoms with E-state index in [0.717, 1.165) is 29.0 Å². The number of carbonyl (C=O) groups is 1. The van der Waals surface area contributed by atoms with Gasteiger partial charge in [-0.1, -0.05) is 30.3 Å². The Hall–Kier alpha value is -4.20. The van der Waals surface area contributed by atoms with Gasteiger partial charge < -0.3 is 28.8 Å². The molecule has 0 aliphatic rings. The number of para-hydroxylation sites is 3. The molecule has 0 saturated heterocycles. The van der Waals surface area contributed by atoms with Crippen LogP contribution in [0, 0.1) is 0 Å². The van der Waals surface area contributed by atoms with Gasteiger partial charge in [0.15, 0.2) is 11.5 Å². The molecule has 3 aromatic carbocycles. The molecule has 0 spiro atoms. The van der Waals surface area contributed by atoms with Crippen LogP contribution in [0.2, 0.25) is 0 Å². The van der Waals surface area contributed by atoms with Gasteiger partial charge in [0.1, 0.15) is 11.6 Å². The Morgan fingerprint density at radius 3 is 2.28 bits per heavy atom. The van der Waals surface area contributed by atoms with Crippen molar-refractivity contribution in [3.63, 3.8) is 0 Å². The van der Waals surface area contributed by atoms with Crippen molar-refractivity contribution in [1.29, 1.82) is 0 Å². The second kappa shape index (κ2) is 11.5. The maximum absolute atomic E-state index is 13.2. The number of nitrogens with one attached hydrogen (secondary N) is 1. The molecule has 188 valence electrons. The number of fused-ring (bicyclic) bond motifs is 1. The van der Waals surface area contributed by atoms with E-state index in [1.807, 2.05) is 61.5 Å². The predicted octanol–water partition coefficient (Wildman–Crippen LogP) is 5.02. The highest BCUT2D eigenvalue weighted by molar-refractivity contribution is 5.96. The highest BCUT2D eigenvalue weighted by Gasteiger charge is 2.21. The molecule has 8 heteroatoms. The van der Waals surface area contributed by atoms with Gasteiger partial charge >= 0.3 is 0 Å². The van der Waals surface area contributed by atoms with E-state index in [-0.39, 0.29) is 11.9 Å². The summed E-state index contributed by atoms with van der Waals surface area (Å²) in [5.74, 6) is 2.62. The fourth-order valence-corrected chi connectivity index (χ4v) is 4.15. The van der Waals surface area contributed by atoms with Crippen LogP contribution >= 0.6 is 0 Å². The predicted molar refractivity (Wildman–Crippen MR) is 138 cm³/mol. The van der Waals surface area contributed by atoms with Crippen molar-refractivity contribution in [3.05, 3.63) is 78.1 Å². The molecule has 0 bridgehead atoms. The molecular formula is C28H31N3O5. The van der Waals surface area contributed by atoms with Gasteiger partial charge in [0.2, 0.25) is 5.75 Å². The minimum Gasteiger partial charge on any atom is -0.494 e. The van der Waals surface area contributed by atoms with E-state index in [1.54, 1.807) is 12.1 Å². The average molecular weight is 490 g/mol. The Morgan fingerprint density at radius 2 is 1.61 bits per heavy atom. The van der Waals surface area contributed by atoms with Crippen molar-refractivity contribution in [3.8, 4) is 23.0 Å². The number of amides is 1. The molecule has 4 aromatic rings. The molecule has 0 radical (unpaired) electrons. The van der Waals surface area contributed by atoms with E-state index in [0.29, 0.717) is 36.0 Å². The first-order chi connectivity index (χ1) is 17.5. The number of imidazole rings is 1. The zero-order valence-corrected chi connectivity index (χ0v) is 21.0. The van der Waals surface area contributed by atoms with Gasteiger partial charge in [0, 0.05) is 12.1 Å². The number of nitrogens with zero attached hydrogens (tertiary/aromatic N) is 2. The molecule has 1 aromatic heterocycles. The van der Waals surface area contributed by atoms with Gasteiger partial charge in [0.05, 0.1) is 45.0 Å². The molecule has 1 heterocycles. The topological polar surface area (TPSA) is 83.8 Å². The molecule has 1 unspecified atom stereocenters. The smallest absolute Gasteiger partial charge is 0.252 e. The van der Waals surface area contributed by atoms with E-state index < -0.39 is 0 Å². The number of hydrogen-bond donors (Lipinski definition) is 1. The summed E-state index contributed by atoms with van der Waals surface area (Å²) in [6, 6.07) is 20.6. The maximum atomic E-state index is 13.2. The Labute approximate surface area is 210 Å². The first kappa shape index (κ1) is 24.9. The molecular weight excluding hydrogens is 458 g/mol. The molecule has 0 saturated carbocycles. The molecule has 0 aliphatic carbocycles. The quantitative estimate of drug-likeness (QED) is 0.298. The van der Waals surface area contributed by atoms with Crippen molar-refractivity contribution in [2.45, 2.75) is 25.9 Å². The first-order valence-corrected chi connectivity index (χ1v) is 11.8. The fraction of sp³-hybridized carbons (Fsp3) is 0.286. The number of aryl methyl sites for hydroxylation is 1. The normalized spacial score (nSPS) is 11.7. The zero-order chi connectivity index (χ0) is 25.5. The number of hydrogen-bond acceptors (Lipinski definition) is 6. The van der Waals surface area contributed by atoms with Crippen LogP contribution in [0.15, 0.2) is 66.7 Å². The van der Waals surface area contributed by atoms with E-state index >= 15 is 0 Å². The standard InChI is InChI=1S/C28H31N3O5/c1-19(29-28(32)20-17-24(33-2)26(35-4)25(18-20)34-3)27-30-22-13-8-9-14-23(22)31(27)15-10-16-36-21-11-6-5-7-12-21/h5-9,11-14,17-19H,10,15-16H2,1-4H3,(H,29,32). The Balaban J connectivity index is 1.53. The first-order valence-electron chi connectivity index (χ1n) is 11.8. The molecule has 0 fully saturated rings. The van der Waals surface area contributed by atoms with E-state index in [1.165, 1.54) is 21.3 Å². The van der Waals surface area contributed by atoms with Crippen molar-refractivity contribution >= 4 is 16.9 Å². The summed E-state index contributed by atoms with van der Waals surface area (Å²) >= 11 is 0. The number of ether oxygens (including phenoxy) is 4. The Kier molecular flexibility index (Phi) is 7.95. The van der Waals surface area contributed by atoms with Crippen LogP contribution in [-0.4, -0.2) is 43.4 Å². The third kappa shape index (κ3) is 5.38. The van der Waals surface area contributed by atoms with E-state index in [2.05, 4.69) is 9.88 Å². The summed E-state index contributed by atoms with van der Waals surface area (Å²) < 4.78 is 24.2. The Bertz CT molecular complexity index is 1290. The molecule has 36 heavy (non-hydrogen) atoms. The second-order valence-electron chi connectivity index (χ2n) is 8.23. The summed E-state index contributed by atoms with van der Waals surface area (Å²) in [4.78, 5) is 18.0. The van der Waals surface area contributed by atoms with Crippen molar-refractivity contribution in [2.24, 2.45) is 0 Å². The van der Waals surface area contributed by atoms with E-state index in [9.17, 15) is 4.79 Å². The molecule has 0 aliphatic heterocycles. The minimum atomic E-state index is -0.348. The maximum Gasteiger partial charge on any atom is 0.252 e. The van der Waals surface area contributed by atoms with Crippen LogP contribution in [-0.2, 0) is 6.54 Å². The van der Waals surface area contributed by atoms with Crippen molar-refractivity contribution < 1.29 is 23.7 Å². The van der Waals surface area contributed by atoms with Crippen LogP contribution in [0.25, 0.3) is 11.0 Å². The third-order valence-corrected chi connectivity index (χ3v) is 5.88. The average Bonchev–Trinajstić information content (AvgIpc) is 3.29. The highest BCUT2D eigenvalue weighted by atomic mass is 16.5. The molecule has 1 amide bonds. The molecule has 4 rings (SSSR count). The summed E-state index contributed by atoms with van der Waals surface area (Å²) in [5, 5.41) is 3.06. The lowest BCUT2D eigenvalue weighted by molar-refractivity contribution is 0.0936. The Morgan fingerprint density at radius 1 is 0.944 bits per heavy atom. The summed E-state index contributed by atoms with van der Waals surface area (Å²) in [6.07, 6.45) is 0.787. The van der Waals surface area contributed by atoms with E-state index in [4.69, 9.17) is 23.9 Å².